The topological polar surface area (TPSA) is 20.3 Å². The third-order valence-electron chi connectivity index (χ3n) is 3.33. The number of amides is 1. The highest BCUT2D eigenvalue weighted by atomic mass is 19.2. The fraction of sp³-hybridized carbons (Fsp3) is 0.500. The molecule has 0 atom stereocenters. The molecule has 4 heteroatoms. The number of carbonyl (C=O) groups is 1. The van der Waals surface area contributed by atoms with Crippen LogP contribution in [0.5, 0.6) is 0 Å². The van der Waals surface area contributed by atoms with Gasteiger partial charge in [-0.1, -0.05) is 25.0 Å². The average Bonchev–Trinajstić information content (AvgIpc) is 2.63. The maximum atomic E-state index is 13.5. The Kier molecular flexibility index (Phi) is 4.28. The van der Waals surface area contributed by atoms with Crippen molar-refractivity contribution in [1.29, 1.82) is 0 Å². The number of benzene rings is 1. The van der Waals surface area contributed by atoms with Crippen LogP contribution in [0.2, 0.25) is 0 Å². The van der Waals surface area contributed by atoms with E-state index in [2.05, 4.69) is 0 Å². The van der Waals surface area contributed by atoms with Gasteiger partial charge in [-0.05, 0) is 18.9 Å². The summed E-state index contributed by atoms with van der Waals surface area (Å²) in [6.07, 6.45) is 4.22. The first kappa shape index (κ1) is 13.0. The van der Waals surface area contributed by atoms with Gasteiger partial charge in [0.05, 0.1) is 6.42 Å². The van der Waals surface area contributed by atoms with E-state index in [9.17, 15) is 13.6 Å². The molecule has 1 aromatic rings. The minimum Gasteiger partial charge on any atom is -0.342 e. The lowest BCUT2D eigenvalue weighted by atomic mass is 10.1. The van der Waals surface area contributed by atoms with Crippen LogP contribution in [-0.4, -0.2) is 23.9 Å². The average molecular weight is 253 g/mol. The molecule has 0 N–H and O–H groups in total. The van der Waals surface area contributed by atoms with Crippen molar-refractivity contribution in [2.24, 2.45) is 0 Å². The maximum absolute atomic E-state index is 13.5. The molecule has 1 aliphatic heterocycles. The normalized spacial score (nSPS) is 16.4. The van der Waals surface area contributed by atoms with Gasteiger partial charge in [0.1, 0.15) is 0 Å². The molecule has 0 spiro atoms. The Morgan fingerprint density at radius 3 is 2.44 bits per heavy atom. The summed E-state index contributed by atoms with van der Waals surface area (Å²) >= 11 is 0. The zero-order chi connectivity index (χ0) is 13.0. The summed E-state index contributed by atoms with van der Waals surface area (Å²) in [4.78, 5) is 13.8. The van der Waals surface area contributed by atoms with E-state index in [0.29, 0.717) is 0 Å². The second-order valence-electron chi connectivity index (χ2n) is 4.68. The molecule has 0 aliphatic carbocycles. The van der Waals surface area contributed by atoms with Crippen LogP contribution in [0, 0.1) is 11.6 Å². The van der Waals surface area contributed by atoms with Crippen LogP contribution >= 0.6 is 0 Å². The molecule has 2 nitrogen and oxygen atoms in total. The minimum atomic E-state index is -0.902. The van der Waals surface area contributed by atoms with E-state index in [1.807, 2.05) is 0 Å². The zero-order valence-corrected chi connectivity index (χ0v) is 10.3. The minimum absolute atomic E-state index is 0.0520. The van der Waals surface area contributed by atoms with Crippen LogP contribution in [0.15, 0.2) is 18.2 Å². The number of hydrogen-bond donors (Lipinski definition) is 0. The van der Waals surface area contributed by atoms with E-state index < -0.39 is 11.6 Å². The molecule has 18 heavy (non-hydrogen) atoms. The van der Waals surface area contributed by atoms with Crippen molar-refractivity contribution in [2.75, 3.05) is 13.1 Å². The Morgan fingerprint density at radius 1 is 1.11 bits per heavy atom. The highest BCUT2D eigenvalue weighted by molar-refractivity contribution is 5.78. The predicted molar refractivity (Wildman–Crippen MR) is 65.1 cm³/mol. The Morgan fingerprint density at radius 2 is 1.78 bits per heavy atom. The summed E-state index contributed by atoms with van der Waals surface area (Å²) in [5.41, 5.74) is 0.143. The second kappa shape index (κ2) is 5.94. The molecule has 0 bridgehead atoms. The summed E-state index contributed by atoms with van der Waals surface area (Å²) in [5, 5.41) is 0. The van der Waals surface area contributed by atoms with E-state index in [1.165, 1.54) is 12.1 Å². The van der Waals surface area contributed by atoms with Gasteiger partial charge in [-0.2, -0.15) is 0 Å². The fourth-order valence-corrected chi connectivity index (χ4v) is 2.28. The number of halogens is 2. The van der Waals surface area contributed by atoms with Crippen LogP contribution in [0.3, 0.4) is 0 Å². The van der Waals surface area contributed by atoms with Gasteiger partial charge in [0.25, 0.3) is 0 Å². The molecule has 1 heterocycles. The van der Waals surface area contributed by atoms with Gasteiger partial charge in [0.2, 0.25) is 5.91 Å². The van der Waals surface area contributed by atoms with Crippen molar-refractivity contribution in [3.05, 3.63) is 35.4 Å². The lowest BCUT2D eigenvalue weighted by Crippen LogP contribution is -2.33. The first-order chi connectivity index (χ1) is 8.68. The van der Waals surface area contributed by atoms with Crippen LogP contribution in [0.1, 0.15) is 31.2 Å². The maximum Gasteiger partial charge on any atom is 0.227 e. The van der Waals surface area contributed by atoms with Crippen LogP contribution < -0.4 is 0 Å². The quantitative estimate of drug-likeness (QED) is 0.793. The molecule has 0 saturated carbocycles. The van der Waals surface area contributed by atoms with Gasteiger partial charge in [0.15, 0.2) is 11.6 Å². The molecule has 98 valence electrons. The van der Waals surface area contributed by atoms with E-state index in [1.54, 1.807) is 4.90 Å². The molecule has 2 rings (SSSR count). The molecule has 0 aromatic heterocycles. The Bertz CT molecular complexity index is 426. The fourth-order valence-electron chi connectivity index (χ4n) is 2.28. The first-order valence-corrected chi connectivity index (χ1v) is 6.39. The molecule has 0 unspecified atom stereocenters. The van der Waals surface area contributed by atoms with Crippen molar-refractivity contribution in [3.8, 4) is 0 Å². The molecular formula is C14H17F2NO. The number of rotatable bonds is 2. The lowest BCUT2D eigenvalue weighted by Gasteiger charge is -2.20. The van der Waals surface area contributed by atoms with Crippen molar-refractivity contribution >= 4 is 5.91 Å². The van der Waals surface area contributed by atoms with Gasteiger partial charge in [-0.25, -0.2) is 8.78 Å². The summed E-state index contributed by atoms with van der Waals surface area (Å²) in [7, 11) is 0. The molecular weight excluding hydrogens is 236 g/mol. The first-order valence-electron chi connectivity index (χ1n) is 6.39. The molecule has 1 aromatic carbocycles. The van der Waals surface area contributed by atoms with E-state index in [4.69, 9.17) is 0 Å². The third kappa shape index (κ3) is 3.06. The van der Waals surface area contributed by atoms with Crippen LogP contribution in [0.25, 0.3) is 0 Å². The third-order valence-corrected chi connectivity index (χ3v) is 3.33. The van der Waals surface area contributed by atoms with Crippen molar-refractivity contribution in [1.82, 2.24) is 4.90 Å². The standard InChI is InChI=1S/C14H17F2NO/c15-12-7-5-6-11(14(12)16)10-13(18)17-8-3-1-2-4-9-17/h5-7H,1-4,8-10H2. The largest absolute Gasteiger partial charge is 0.342 e. The summed E-state index contributed by atoms with van der Waals surface area (Å²) in [6, 6.07) is 3.97. The predicted octanol–water partition coefficient (Wildman–Crippen LogP) is 2.91. The Balaban J connectivity index is 2.03. The van der Waals surface area contributed by atoms with Gasteiger partial charge < -0.3 is 4.90 Å². The number of likely N-dealkylation sites (tertiary alicyclic amines) is 1. The number of carbonyl (C=O) groups excluding carboxylic acids is 1. The van der Waals surface area contributed by atoms with E-state index >= 15 is 0 Å². The summed E-state index contributed by atoms with van der Waals surface area (Å²) in [6.45, 7) is 1.46. The summed E-state index contributed by atoms with van der Waals surface area (Å²) < 4.78 is 26.5. The van der Waals surface area contributed by atoms with Gasteiger partial charge in [-0.15, -0.1) is 0 Å². The molecule has 1 fully saturated rings. The zero-order valence-electron chi connectivity index (χ0n) is 10.3. The lowest BCUT2D eigenvalue weighted by molar-refractivity contribution is -0.130. The van der Waals surface area contributed by atoms with Crippen molar-refractivity contribution in [3.63, 3.8) is 0 Å². The molecule has 0 radical (unpaired) electrons. The van der Waals surface area contributed by atoms with Gasteiger partial charge in [-0.3, -0.25) is 4.79 Å². The molecule has 1 amide bonds. The number of hydrogen-bond acceptors (Lipinski definition) is 1. The highest BCUT2D eigenvalue weighted by Crippen LogP contribution is 2.15. The number of nitrogens with zero attached hydrogens (tertiary/aromatic N) is 1. The molecule has 1 saturated heterocycles. The van der Waals surface area contributed by atoms with Crippen molar-refractivity contribution in [2.45, 2.75) is 32.1 Å². The van der Waals surface area contributed by atoms with Gasteiger partial charge in [0, 0.05) is 18.7 Å². The van der Waals surface area contributed by atoms with Crippen LogP contribution in [-0.2, 0) is 11.2 Å². The highest BCUT2D eigenvalue weighted by Gasteiger charge is 2.18. The van der Waals surface area contributed by atoms with Crippen LogP contribution in [0.4, 0.5) is 8.78 Å². The van der Waals surface area contributed by atoms with Gasteiger partial charge >= 0.3 is 0 Å². The Hall–Kier alpha value is -1.45. The monoisotopic (exact) mass is 253 g/mol. The van der Waals surface area contributed by atoms with E-state index in [-0.39, 0.29) is 17.9 Å². The van der Waals surface area contributed by atoms with Crippen molar-refractivity contribution < 1.29 is 13.6 Å². The summed E-state index contributed by atoms with van der Waals surface area (Å²) in [5.74, 6) is -1.90. The smallest absolute Gasteiger partial charge is 0.227 e. The Labute approximate surface area is 106 Å². The second-order valence-corrected chi connectivity index (χ2v) is 4.68. The SMILES string of the molecule is O=C(Cc1cccc(F)c1F)N1CCCCCC1. The van der Waals surface area contributed by atoms with E-state index in [0.717, 1.165) is 44.8 Å². The molecule has 1 aliphatic rings.